The van der Waals surface area contributed by atoms with Crippen LogP contribution in [0.2, 0.25) is 0 Å². The molecular formula is C20H18N2O4. The molecule has 0 saturated heterocycles. The van der Waals surface area contributed by atoms with Gasteiger partial charge in [-0.1, -0.05) is 30.3 Å². The summed E-state index contributed by atoms with van der Waals surface area (Å²) < 4.78 is 0. The highest BCUT2D eigenvalue weighted by molar-refractivity contribution is 6.01. The van der Waals surface area contributed by atoms with E-state index in [1.807, 2.05) is 24.3 Å². The van der Waals surface area contributed by atoms with Crippen LogP contribution in [0.1, 0.15) is 24.0 Å². The van der Waals surface area contributed by atoms with Gasteiger partial charge >= 0.3 is 5.97 Å². The van der Waals surface area contributed by atoms with E-state index in [1.54, 1.807) is 24.3 Å². The van der Waals surface area contributed by atoms with Gasteiger partial charge in [0.15, 0.2) is 0 Å². The molecule has 0 aliphatic heterocycles. The van der Waals surface area contributed by atoms with Crippen LogP contribution in [0.25, 0.3) is 10.8 Å². The molecule has 3 rings (SSSR count). The van der Waals surface area contributed by atoms with Crippen LogP contribution in [0.5, 0.6) is 5.88 Å². The summed E-state index contributed by atoms with van der Waals surface area (Å²) in [5, 5.41) is 19.8. The van der Waals surface area contributed by atoms with Crippen molar-refractivity contribution in [1.29, 1.82) is 0 Å². The van der Waals surface area contributed by atoms with E-state index in [1.165, 1.54) is 6.21 Å². The van der Waals surface area contributed by atoms with Crippen molar-refractivity contribution < 1.29 is 15.0 Å². The Morgan fingerprint density at radius 2 is 1.77 bits per heavy atom. The van der Waals surface area contributed by atoms with Crippen molar-refractivity contribution in [2.45, 2.75) is 19.3 Å². The van der Waals surface area contributed by atoms with Gasteiger partial charge < -0.3 is 10.2 Å². The molecule has 6 nitrogen and oxygen atoms in total. The molecule has 0 fully saturated rings. The lowest BCUT2D eigenvalue weighted by Gasteiger charge is -2.04. The van der Waals surface area contributed by atoms with E-state index in [0.717, 1.165) is 5.56 Å². The van der Waals surface area contributed by atoms with Crippen LogP contribution in [0.3, 0.4) is 0 Å². The standard InChI is InChI=1S/C20H18N2O4/c23-18(24)7-3-4-13-8-10-14(11-9-13)21-12-17-15-5-1-2-6-16(15)19(25)22-20(17)26/h1-2,5-6,8-12H,3-4,7H2,(H,23,24)(H2,22,25,26). The van der Waals surface area contributed by atoms with Crippen LogP contribution in [0, 0.1) is 0 Å². The first kappa shape index (κ1) is 17.4. The Bertz CT molecular complexity index is 1020. The molecule has 1 heterocycles. The number of aromatic nitrogens is 1. The fourth-order valence-electron chi connectivity index (χ4n) is 2.75. The molecule has 0 unspecified atom stereocenters. The summed E-state index contributed by atoms with van der Waals surface area (Å²) in [6.45, 7) is 0. The van der Waals surface area contributed by atoms with E-state index in [9.17, 15) is 14.7 Å². The highest BCUT2D eigenvalue weighted by Gasteiger charge is 2.08. The molecule has 0 aliphatic rings. The number of hydrogen-bond acceptors (Lipinski definition) is 4. The van der Waals surface area contributed by atoms with Crippen molar-refractivity contribution in [3.05, 3.63) is 70.0 Å². The van der Waals surface area contributed by atoms with E-state index >= 15 is 0 Å². The van der Waals surface area contributed by atoms with Gasteiger partial charge in [-0.3, -0.25) is 19.6 Å². The second-order valence-electron chi connectivity index (χ2n) is 5.93. The first-order chi connectivity index (χ1) is 12.5. The van der Waals surface area contributed by atoms with Crippen molar-refractivity contribution in [2.24, 2.45) is 4.99 Å². The zero-order valence-electron chi connectivity index (χ0n) is 14.0. The number of H-pyrrole nitrogens is 1. The molecule has 0 atom stereocenters. The van der Waals surface area contributed by atoms with Crippen molar-refractivity contribution in [3.63, 3.8) is 0 Å². The summed E-state index contributed by atoms with van der Waals surface area (Å²) in [5.41, 5.74) is 1.84. The van der Waals surface area contributed by atoms with Gasteiger partial charge in [-0.25, -0.2) is 0 Å². The number of aliphatic imine (C=N–C) groups is 1. The second kappa shape index (κ2) is 7.65. The normalized spacial score (nSPS) is 11.2. The predicted octanol–water partition coefficient (Wildman–Crippen LogP) is 3.39. The maximum Gasteiger partial charge on any atom is 0.303 e. The number of aliphatic carboxylic acids is 1. The zero-order valence-corrected chi connectivity index (χ0v) is 14.0. The number of rotatable bonds is 6. The third-order valence-corrected chi connectivity index (χ3v) is 4.08. The molecule has 0 saturated carbocycles. The molecule has 1 aromatic heterocycles. The van der Waals surface area contributed by atoms with Gasteiger partial charge in [-0.05, 0) is 36.6 Å². The summed E-state index contributed by atoms with van der Waals surface area (Å²) in [5.74, 6) is -1.01. The zero-order chi connectivity index (χ0) is 18.5. The Morgan fingerprint density at radius 1 is 1.08 bits per heavy atom. The number of carboxylic acid groups (broad SMARTS) is 1. The average molecular weight is 350 g/mol. The highest BCUT2D eigenvalue weighted by atomic mass is 16.4. The van der Waals surface area contributed by atoms with Crippen molar-refractivity contribution in [2.75, 3.05) is 0 Å². The summed E-state index contributed by atoms with van der Waals surface area (Å²) >= 11 is 0. The van der Waals surface area contributed by atoms with Gasteiger partial charge in [-0.2, -0.15) is 0 Å². The number of hydrogen-bond donors (Lipinski definition) is 3. The molecule has 0 aliphatic carbocycles. The van der Waals surface area contributed by atoms with Gasteiger partial charge in [0.2, 0.25) is 5.88 Å². The van der Waals surface area contributed by atoms with Gasteiger partial charge in [-0.15, -0.1) is 0 Å². The number of aromatic hydroxyl groups is 1. The van der Waals surface area contributed by atoms with E-state index < -0.39 is 5.97 Å². The van der Waals surface area contributed by atoms with Crippen LogP contribution in [0.4, 0.5) is 5.69 Å². The number of aromatic amines is 1. The Hall–Kier alpha value is -3.41. The molecular weight excluding hydrogens is 332 g/mol. The van der Waals surface area contributed by atoms with Crippen molar-refractivity contribution >= 4 is 28.6 Å². The lowest BCUT2D eigenvalue weighted by atomic mass is 10.1. The molecule has 3 aromatic rings. The fraction of sp³-hybridized carbons (Fsp3) is 0.150. The van der Waals surface area contributed by atoms with Crippen LogP contribution < -0.4 is 5.56 Å². The minimum Gasteiger partial charge on any atom is -0.494 e. The first-order valence-electron chi connectivity index (χ1n) is 8.23. The molecule has 132 valence electrons. The van der Waals surface area contributed by atoms with E-state index in [4.69, 9.17) is 5.11 Å². The van der Waals surface area contributed by atoms with Gasteiger partial charge in [0.25, 0.3) is 5.56 Å². The number of fused-ring (bicyclic) bond motifs is 1. The van der Waals surface area contributed by atoms with E-state index in [-0.39, 0.29) is 17.9 Å². The summed E-state index contributed by atoms with van der Waals surface area (Å²) in [4.78, 5) is 29.2. The van der Waals surface area contributed by atoms with Crippen LogP contribution in [-0.2, 0) is 11.2 Å². The fourth-order valence-corrected chi connectivity index (χ4v) is 2.75. The number of carboxylic acids is 1. The van der Waals surface area contributed by atoms with Crippen molar-refractivity contribution in [3.8, 4) is 5.88 Å². The average Bonchev–Trinajstić information content (AvgIpc) is 2.62. The molecule has 26 heavy (non-hydrogen) atoms. The van der Waals surface area contributed by atoms with Gasteiger partial charge in [0.1, 0.15) is 0 Å². The number of nitrogens with one attached hydrogen (secondary N) is 1. The van der Waals surface area contributed by atoms with E-state index in [0.29, 0.717) is 34.9 Å². The number of benzene rings is 2. The number of pyridine rings is 1. The number of nitrogens with zero attached hydrogens (tertiary/aromatic N) is 1. The molecule has 0 spiro atoms. The molecule has 0 amide bonds. The van der Waals surface area contributed by atoms with Crippen LogP contribution in [0.15, 0.2) is 58.3 Å². The molecule has 2 aromatic carbocycles. The largest absolute Gasteiger partial charge is 0.494 e. The Kier molecular flexibility index (Phi) is 5.12. The minimum absolute atomic E-state index is 0.151. The van der Waals surface area contributed by atoms with Crippen LogP contribution >= 0.6 is 0 Å². The Labute approximate surface area is 149 Å². The third-order valence-electron chi connectivity index (χ3n) is 4.08. The number of aryl methyl sites for hydroxylation is 1. The Balaban J connectivity index is 1.81. The monoisotopic (exact) mass is 350 g/mol. The van der Waals surface area contributed by atoms with Crippen molar-refractivity contribution in [1.82, 2.24) is 4.98 Å². The topological polar surface area (TPSA) is 103 Å². The third kappa shape index (κ3) is 3.97. The highest BCUT2D eigenvalue weighted by Crippen LogP contribution is 2.22. The number of carbonyl (C=O) groups is 1. The maximum atomic E-state index is 11.9. The first-order valence-corrected chi connectivity index (χ1v) is 8.23. The van der Waals surface area contributed by atoms with Crippen LogP contribution in [-0.4, -0.2) is 27.4 Å². The second-order valence-corrected chi connectivity index (χ2v) is 5.93. The quantitative estimate of drug-likeness (QED) is 0.593. The molecule has 0 radical (unpaired) electrons. The Morgan fingerprint density at radius 3 is 2.46 bits per heavy atom. The summed E-state index contributed by atoms with van der Waals surface area (Å²) in [7, 11) is 0. The summed E-state index contributed by atoms with van der Waals surface area (Å²) in [6.07, 6.45) is 2.96. The lowest BCUT2D eigenvalue weighted by Crippen LogP contribution is -2.07. The minimum atomic E-state index is -0.792. The molecule has 6 heteroatoms. The van der Waals surface area contributed by atoms with Gasteiger partial charge in [0.05, 0.1) is 11.3 Å². The van der Waals surface area contributed by atoms with E-state index in [2.05, 4.69) is 9.98 Å². The SMILES string of the molecule is O=C(O)CCCc1ccc(N=Cc2c(O)[nH]c(=O)c3ccccc23)cc1. The molecule has 0 bridgehead atoms. The predicted molar refractivity (Wildman–Crippen MR) is 101 cm³/mol. The lowest BCUT2D eigenvalue weighted by molar-refractivity contribution is -0.137. The molecule has 3 N–H and O–H groups in total. The van der Waals surface area contributed by atoms with Gasteiger partial charge in [0, 0.05) is 23.4 Å². The smallest absolute Gasteiger partial charge is 0.303 e. The maximum absolute atomic E-state index is 11.9. The summed E-state index contributed by atoms with van der Waals surface area (Å²) in [6, 6.07) is 14.5.